The number of carbonyl (C=O) groups excluding carboxylic acids is 1. The van der Waals surface area contributed by atoms with E-state index in [1.54, 1.807) is 0 Å². The van der Waals surface area contributed by atoms with Gasteiger partial charge in [0.15, 0.2) is 0 Å². The number of nitrogens with one attached hydrogen (secondary N) is 1. The zero-order valence-electron chi connectivity index (χ0n) is 15.1. The van der Waals surface area contributed by atoms with Crippen LogP contribution < -0.4 is 5.32 Å². The Kier molecular flexibility index (Phi) is 5.77. The number of para-hydroxylation sites is 1. The molecule has 3 unspecified atom stereocenters. The number of benzene rings is 1. The van der Waals surface area contributed by atoms with Crippen molar-refractivity contribution in [3.05, 3.63) is 30.3 Å². The van der Waals surface area contributed by atoms with Gasteiger partial charge < -0.3 is 10.2 Å². The van der Waals surface area contributed by atoms with E-state index in [0.29, 0.717) is 24.5 Å². The molecule has 132 valence electrons. The molecule has 1 N–H and O–H groups in total. The van der Waals surface area contributed by atoms with E-state index in [9.17, 15) is 4.79 Å². The summed E-state index contributed by atoms with van der Waals surface area (Å²) in [5, 5.41) is 3.58. The van der Waals surface area contributed by atoms with Gasteiger partial charge in [0.25, 0.3) is 0 Å². The predicted octanol–water partition coefficient (Wildman–Crippen LogP) is 3.21. The van der Waals surface area contributed by atoms with Crippen molar-refractivity contribution in [3.8, 4) is 0 Å². The summed E-state index contributed by atoms with van der Waals surface area (Å²) in [6, 6.07) is 11.2. The van der Waals surface area contributed by atoms with Crippen molar-refractivity contribution < 1.29 is 4.79 Å². The lowest BCUT2D eigenvalue weighted by Gasteiger charge is -2.37. The van der Waals surface area contributed by atoms with Gasteiger partial charge in [-0.25, -0.2) is 0 Å². The molecular weight excluding hydrogens is 298 g/mol. The fourth-order valence-corrected chi connectivity index (χ4v) is 4.22. The van der Waals surface area contributed by atoms with E-state index in [1.807, 2.05) is 18.0 Å². The van der Waals surface area contributed by atoms with E-state index in [0.717, 1.165) is 19.5 Å². The average molecular weight is 329 g/mol. The molecule has 0 spiro atoms. The standard InChI is InChI=1S/C20H31N3O/c1-16-8-6-7-11-19(16)22(2)20(24)15-23-13-12-18(14-23)21-17-9-4-3-5-10-17/h3-5,9-10,16,18-19,21H,6-8,11-15H2,1-2H3. The Balaban J connectivity index is 1.47. The maximum atomic E-state index is 12.7. The van der Waals surface area contributed by atoms with Crippen molar-refractivity contribution in [1.29, 1.82) is 0 Å². The fourth-order valence-electron chi connectivity index (χ4n) is 4.22. The molecule has 1 heterocycles. The number of hydrogen-bond acceptors (Lipinski definition) is 3. The molecule has 0 aromatic heterocycles. The molecular formula is C20H31N3O. The highest BCUT2D eigenvalue weighted by Gasteiger charge is 2.30. The van der Waals surface area contributed by atoms with Crippen LogP contribution in [-0.2, 0) is 4.79 Å². The molecule has 4 heteroatoms. The molecule has 1 aliphatic carbocycles. The van der Waals surface area contributed by atoms with Crippen molar-refractivity contribution in [3.63, 3.8) is 0 Å². The second-order valence-electron chi connectivity index (χ2n) is 7.56. The van der Waals surface area contributed by atoms with Crippen LogP contribution in [0.5, 0.6) is 0 Å². The topological polar surface area (TPSA) is 35.6 Å². The quantitative estimate of drug-likeness (QED) is 0.901. The summed E-state index contributed by atoms with van der Waals surface area (Å²) in [5.41, 5.74) is 1.17. The highest BCUT2D eigenvalue weighted by atomic mass is 16.2. The van der Waals surface area contributed by atoms with Crippen molar-refractivity contribution in [2.75, 3.05) is 32.0 Å². The van der Waals surface area contributed by atoms with Gasteiger partial charge in [0.2, 0.25) is 5.91 Å². The van der Waals surface area contributed by atoms with Gasteiger partial charge in [0, 0.05) is 37.9 Å². The molecule has 1 amide bonds. The molecule has 1 aromatic carbocycles. The number of likely N-dealkylation sites (N-methyl/N-ethyl adjacent to an activating group) is 1. The Hall–Kier alpha value is -1.55. The van der Waals surface area contributed by atoms with E-state index < -0.39 is 0 Å². The van der Waals surface area contributed by atoms with Crippen LogP contribution in [0.15, 0.2) is 30.3 Å². The molecule has 1 saturated carbocycles. The van der Waals surface area contributed by atoms with Crippen molar-refractivity contribution in [1.82, 2.24) is 9.80 Å². The summed E-state index contributed by atoms with van der Waals surface area (Å²) in [6.45, 7) is 4.81. The van der Waals surface area contributed by atoms with Gasteiger partial charge in [-0.1, -0.05) is 38.0 Å². The Morgan fingerprint density at radius 3 is 2.71 bits per heavy atom. The molecule has 0 bridgehead atoms. The second-order valence-corrected chi connectivity index (χ2v) is 7.56. The largest absolute Gasteiger partial charge is 0.381 e. The zero-order valence-corrected chi connectivity index (χ0v) is 15.1. The lowest BCUT2D eigenvalue weighted by molar-refractivity contribution is -0.134. The summed E-state index contributed by atoms with van der Waals surface area (Å²) in [4.78, 5) is 17.0. The van der Waals surface area contributed by atoms with Gasteiger partial charge in [-0.05, 0) is 37.3 Å². The number of hydrogen-bond donors (Lipinski definition) is 1. The third-order valence-corrected chi connectivity index (χ3v) is 5.73. The third kappa shape index (κ3) is 4.29. The zero-order chi connectivity index (χ0) is 16.9. The van der Waals surface area contributed by atoms with Gasteiger partial charge in [-0.15, -0.1) is 0 Å². The number of amides is 1. The van der Waals surface area contributed by atoms with Crippen molar-refractivity contribution in [2.24, 2.45) is 5.92 Å². The van der Waals surface area contributed by atoms with E-state index in [-0.39, 0.29) is 5.91 Å². The minimum atomic E-state index is 0.286. The third-order valence-electron chi connectivity index (χ3n) is 5.73. The van der Waals surface area contributed by atoms with Crippen LogP contribution in [0, 0.1) is 5.92 Å². The molecule has 0 radical (unpaired) electrons. The highest BCUT2D eigenvalue weighted by molar-refractivity contribution is 5.78. The SMILES string of the molecule is CC1CCCCC1N(C)C(=O)CN1CCC(Nc2ccccc2)C1. The normalized spacial score (nSPS) is 27.8. The van der Waals surface area contributed by atoms with Crippen LogP contribution in [0.4, 0.5) is 5.69 Å². The molecule has 1 aliphatic heterocycles. The maximum Gasteiger partial charge on any atom is 0.236 e. The molecule has 3 rings (SSSR count). The van der Waals surface area contributed by atoms with Crippen LogP contribution >= 0.6 is 0 Å². The first-order valence-corrected chi connectivity index (χ1v) is 9.43. The first-order valence-electron chi connectivity index (χ1n) is 9.43. The maximum absolute atomic E-state index is 12.7. The first kappa shape index (κ1) is 17.3. The Morgan fingerprint density at radius 2 is 1.96 bits per heavy atom. The molecule has 4 nitrogen and oxygen atoms in total. The summed E-state index contributed by atoms with van der Waals surface area (Å²) < 4.78 is 0. The van der Waals surface area contributed by atoms with E-state index in [1.165, 1.54) is 31.4 Å². The average Bonchev–Trinajstić information content (AvgIpc) is 3.02. The lowest BCUT2D eigenvalue weighted by Crippen LogP contribution is -2.46. The van der Waals surface area contributed by atoms with Crippen LogP contribution in [0.2, 0.25) is 0 Å². The second kappa shape index (κ2) is 8.02. The Morgan fingerprint density at radius 1 is 1.21 bits per heavy atom. The molecule has 24 heavy (non-hydrogen) atoms. The number of nitrogens with zero attached hydrogens (tertiary/aromatic N) is 2. The summed E-state index contributed by atoms with van der Waals surface area (Å²) in [7, 11) is 2.00. The molecule has 1 aromatic rings. The van der Waals surface area contributed by atoms with E-state index >= 15 is 0 Å². The van der Waals surface area contributed by atoms with Crippen molar-refractivity contribution in [2.45, 2.75) is 51.1 Å². The van der Waals surface area contributed by atoms with E-state index in [4.69, 9.17) is 0 Å². The van der Waals surface area contributed by atoms with Gasteiger partial charge in [-0.3, -0.25) is 9.69 Å². The lowest BCUT2D eigenvalue weighted by atomic mass is 9.85. The van der Waals surface area contributed by atoms with Gasteiger partial charge >= 0.3 is 0 Å². The van der Waals surface area contributed by atoms with Gasteiger partial charge in [-0.2, -0.15) is 0 Å². The summed E-state index contributed by atoms with van der Waals surface area (Å²) in [5.74, 6) is 0.924. The molecule has 2 aliphatic rings. The fraction of sp³-hybridized carbons (Fsp3) is 0.650. The Labute approximate surface area is 146 Å². The first-order chi connectivity index (χ1) is 11.6. The number of anilines is 1. The minimum absolute atomic E-state index is 0.286. The van der Waals surface area contributed by atoms with Gasteiger partial charge in [0.05, 0.1) is 6.54 Å². The van der Waals surface area contributed by atoms with Crippen LogP contribution in [0.1, 0.15) is 39.0 Å². The van der Waals surface area contributed by atoms with Crippen LogP contribution in [0.3, 0.4) is 0 Å². The van der Waals surface area contributed by atoms with Crippen molar-refractivity contribution >= 4 is 11.6 Å². The minimum Gasteiger partial charge on any atom is -0.381 e. The van der Waals surface area contributed by atoms with Crippen LogP contribution in [-0.4, -0.2) is 54.5 Å². The van der Waals surface area contributed by atoms with E-state index in [2.05, 4.69) is 41.4 Å². The summed E-state index contributed by atoms with van der Waals surface area (Å²) >= 11 is 0. The molecule has 3 atom stereocenters. The number of rotatable bonds is 5. The van der Waals surface area contributed by atoms with Crippen LogP contribution in [0.25, 0.3) is 0 Å². The highest BCUT2D eigenvalue weighted by Crippen LogP contribution is 2.27. The number of likely N-dealkylation sites (tertiary alicyclic amines) is 1. The Bertz CT molecular complexity index is 533. The number of carbonyl (C=O) groups is 1. The smallest absolute Gasteiger partial charge is 0.236 e. The molecule has 1 saturated heterocycles. The monoisotopic (exact) mass is 329 g/mol. The predicted molar refractivity (Wildman–Crippen MR) is 99.1 cm³/mol. The summed E-state index contributed by atoms with van der Waals surface area (Å²) in [6.07, 6.45) is 6.11. The van der Waals surface area contributed by atoms with Gasteiger partial charge in [0.1, 0.15) is 0 Å². The molecule has 2 fully saturated rings.